The number of nitrogens with zero attached hydrogens (tertiary/aromatic N) is 1. The smallest absolute Gasteiger partial charge is 0.333 e. The van der Waals surface area contributed by atoms with Crippen molar-refractivity contribution in [2.75, 3.05) is 47.6 Å². The Kier molecular flexibility index (Phi) is 10.4. The van der Waals surface area contributed by atoms with E-state index in [4.69, 9.17) is 14.2 Å². The monoisotopic (exact) mass is 273 g/mol. The minimum Gasteiger partial charge on any atom is -0.466 e. The molecule has 0 bridgehead atoms. The fourth-order valence-electron chi connectivity index (χ4n) is 1.78. The van der Waals surface area contributed by atoms with Crippen molar-refractivity contribution in [1.29, 1.82) is 0 Å². The second-order valence-electron chi connectivity index (χ2n) is 4.37. The number of ether oxygens (including phenoxy) is 3. The molecule has 19 heavy (non-hydrogen) atoms. The largest absolute Gasteiger partial charge is 0.466 e. The Morgan fingerprint density at radius 1 is 1.26 bits per heavy atom. The van der Waals surface area contributed by atoms with Crippen LogP contribution >= 0.6 is 0 Å². The van der Waals surface area contributed by atoms with Crippen LogP contribution in [0.4, 0.5) is 0 Å². The standard InChI is InChI=1S/C14H27NO4/c1-6-13(14(16)19-5)7-8-15(9-10-17-3)12(2)11-18-4/h7,12H,6,8-11H2,1-5H3. The molecule has 0 aromatic carbocycles. The summed E-state index contributed by atoms with van der Waals surface area (Å²) in [5.41, 5.74) is 0.703. The third-order valence-corrected chi connectivity index (χ3v) is 3.01. The molecule has 0 saturated heterocycles. The van der Waals surface area contributed by atoms with E-state index in [1.807, 2.05) is 13.0 Å². The molecule has 1 atom stereocenters. The highest BCUT2D eigenvalue weighted by Crippen LogP contribution is 2.06. The van der Waals surface area contributed by atoms with Crippen LogP contribution in [0, 0.1) is 0 Å². The molecular formula is C14H27NO4. The average Bonchev–Trinajstić information content (AvgIpc) is 2.42. The molecule has 0 N–H and O–H groups in total. The van der Waals surface area contributed by atoms with Gasteiger partial charge in [0.2, 0.25) is 0 Å². The van der Waals surface area contributed by atoms with Crippen molar-refractivity contribution >= 4 is 5.97 Å². The van der Waals surface area contributed by atoms with E-state index in [2.05, 4.69) is 11.8 Å². The zero-order chi connectivity index (χ0) is 14.7. The van der Waals surface area contributed by atoms with Gasteiger partial charge in [0.1, 0.15) is 0 Å². The van der Waals surface area contributed by atoms with Crippen LogP contribution in [-0.2, 0) is 19.0 Å². The second kappa shape index (κ2) is 11.0. The summed E-state index contributed by atoms with van der Waals surface area (Å²) in [6.07, 6.45) is 2.59. The predicted molar refractivity (Wildman–Crippen MR) is 75.2 cm³/mol. The summed E-state index contributed by atoms with van der Waals surface area (Å²) >= 11 is 0. The third kappa shape index (κ3) is 7.30. The van der Waals surface area contributed by atoms with E-state index in [0.29, 0.717) is 31.8 Å². The van der Waals surface area contributed by atoms with E-state index in [0.717, 1.165) is 6.54 Å². The van der Waals surface area contributed by atoms with Gasteiger partial charge in [-0.05, 0) is 13.3 Å². The SMILES string of the molecule is CCC(=CCN(CCOC)C(C)COC)C(=O)OC. The van der Waals surface area contributed by atoms with Gasteiger partial charge in [0.15, 0.2) is 0 Å². The van der Waals surface area contributed by atoms with Crippen molar-refractivity contribution < 1.29 is 19.0 Å². The fourth-order valence-corrected chi connectivity index (χ4v) is 1.78. The van der Waals surface area contributed by atoms with E-state index in [1.54, 1.807) is 14.2 Å². The van der Waals surface area contributed by atoms with Gasteiger partial charge in [-0.25, -0.2) is 4.79 Å². The molecule has 112 valence electrons. The highest BCUT2D eigenvalue weighted by atomic mass is 16.5. The van der Waals surface area contributed by atoms with Gasteiger partial charge in [-0.1, -0.05) is 13.0 Å². The molecular weight excluding hydrogens is 246 g/mol. The summed E-state index contributed by atoms with van der Waals surface area (Å²) < 4.78 is 15.0. The topological polar surface area (TPSA) is 48.0 Å². The number of esters is 1. The van der Waals surface area contributed by atoms with Gasteiger partial charge in [0, 0.05) is 38.9 Å². The molecule has 5 nitrogen and oxygen atoms in total. The molecule has 0 aliphatic carbocycles. The number of hydrogen-bond donors (Lipinski definition) is 0. The maximum Gasteiger partial charge on any atom is 0.333 e. The first-order valence-electron chi connectivity index (χ1n) is 6.59. The molecule has 0 aliphatic rings. The van der Waals surface area contributed by atoms with Gasteiger partial charge in [-0.2, -0.15) is 0 Å². The normalized spacial score (nSPS) is 13.7. The zero-order valence-electron chi connectivity index (χ0n) is 12.8. The van der Waals surface area contributed by atoms with Crippen LogP contribution in [-0.4, -0.2) is 64.5 Å². The number of hydrogen-bond acceptors (Lipinski definition) is 5. The Labute approximate surface area is 116 Å². The molecule has 0 amide bonds. The molecule has 0 heterocycles. The van der Waals surface area contributed by atoms with Crippen molar-refractivity contribution in [2.45, 2.75) is 26.3 Å². The second-order valence-corrected chi connectivity index (χ2v) is 4.37. The molecule has 0 spiro atoms. The lowest BCUT2D eigenvalue weighted by Crippen LogP contribution is -2.38. The van der Waals surface area contributed by atoms with E-state index in [9.17, 15) is 4.79 Å². The summed E-state index contributed by atoms with van der Waals surface area (Å²) in [7, 11) is 4.77. The molecule has 0 aliphatic heterocycles. The number of carbonyl (C=O) groups excluding carboxylic acids is 1. The first-order valence-corrected chi connectivity index (χ1v) is 6.59. The zero-order valence-corrected chi connectivity index (χ0v) is 12.8. The Morgan fingerprint density at radius 2 is 1.95 bits per heavy atom. The lowest BCUT2D eigenvalue weighted by molar-refractivity contribution is -0.136. The van der Waals surface area contributed by atoms with Crippen molar-refractivity contribution in [3.8, 4) is 0 Å². The minimum absolute atomic E-state index is 0.256. The minimum atomic E-state index is -0.256. The number of methoxy groups -OCH3 is 3. The molecule has 0 radical (unpaired) electrons. The highest BCUT2D eigenvalue weighted by molar-refractivity contribution is 5.88. The summed E-state index contributed by atoms with van der Waals surface area (Å²) in [5.74, 6) is -0.256. The maximum absolute atomic E-state index is 11.5. The van der Waals surface area contributed by atoms with Gasteiger partial charge < -0.3 is 14.2 Å². The summed E-state index contributed by atoms with van der Waals surface area (Å²) in [4.78, 5) is 13.7. The maximum atomic E-state index is 11.5. The highest BCUT2D eigenvalue weighted by Gasteiger charge is 2.14. The van der Waals surface area contributed by atoms with Crippen molar-refractivity contribution in [1.82, 2.24) is 4.90 Å². The predicted octanol–water partition coefficient (Wildman–Crippen LogP) is 1.48. The van der Waals surface area contributed by atoms with E-state index >= 15 is 0 Å². The van der Waals surface area contributed by atoms with Gasteiger partial charge in [-0.15, -0.1) is 0 Å². The number of carbonyl (C=O) groups is 1. The van der Waals surface area contributed by atoms with Crippen LogP contribution in [0.25, 0.3) is 0 Å². The van der Waals surface area contributed by atoms with Crippen molar-refractivity contribution in [2.24, 2.45) is 0 Å². The van der Waals surface area contributed by atoms with Crippen LogP contribution in [0.2, 0.25) is 0 Å². The van der Waals surface area contributed by atoms with Crippen LogP contribution in [0.3, 0.4) is 0 Å². The van der Waals surface area contributed by atoms with Crippen LogP contribution in [0.15, 0.2) is 11.6 Å². The van der Waals surface area contributed by atoms with Crippen LogP contribution in [0.5, 0.6) is 0 Å². The van der Waals surface area contributed by atoms with E-state index < -0.39 is 0 Å². The molecule has 1 unspecified atom stereocenters. The Hall–Kier alpha value is -0.910. The molecule has 0 fully saturated rings. The molecule has 5 heteroatoms. The summed E-state index contributed by atoms with van der Waals surface area (Å²) in [6, 6.07) is 0.271. The molecule has 0 aromatic rings. The third-order valence-electron chi connectivity index (χ3n) is 3.01. The lowest BCUT2D eigenvalue weighted by atomic mass is 10.2. The van der Waals surface area contributed by atoms with E-state index in [1.165, 1.54) is 7.11 Å². The van der Waals surface area contributed by atoms with Gasteiger partial charge >= 0.3 is 5.97 Å². The first-order chi connectivity index (χ1) is 9.10. The lowest BCUT2D eigenvalue weighted by Gasteiger charge is -2.27. The van der Waals surface area contributed by atoms with Crippen molar-refractivity contribution in [3.63, 3.8) is 0 Å². The Bertz CT molecular complexity index is 279. The Morgan fingerprint density at radius 3 is 2.42 bits per heavy atom. The summed E-state index contributed by atoms with van der Waals surface area (Å²) in [6.45, 7) is 6.83. The molecule has 0 saturated carbocycles. The van der Waals surface area contributed by atoms with Crippen molar-refractivity contribution in [3.05, 3.63) is 11.6 Å². The molecule has 0 rings (SSSR count). The van der Waals surface area contributed by atoms with Gasteiger partial charge in [-0.3, -0.25) is 4.90 Å². The average molecular weight is 273 g/mol. The number of rotatable bonds is 10. The molecule has 0 aromatic heterocycles. The fraction of sp³-hybridized carbons (Fsp3) is 0.786. The van der Waals surface area contributed by atoms with Gasteiger partial charge in [0.25, 0.3) is 0 Å². The quantitative estimate of drug-likeness (QED) is 0.446. The first kappa shape index (κ1) is 18.1. The van der Waals surface area contributed by atoms with Gasteiger partial charge in [0.05, 0.1) is 20.3 Å². The van der Waals surface area contributed by atoms with Crippen LogP contribution < -0.4 is 0 Å². The van der Waals surface area contributed by atoms with Crippen LogP contribution in [0.1, 0.15) is 20.3 Å². The Balaban J connectivity index is 4.60. The van der Waals surface area contributed by atoms with E-state index in [-0.39, 0.29) is 12.0 Å². The summed E-state index contributed by atoms with van der Waals surface area (Å²) in [5, 5.41) is 0.